The first-order valence-corrected chi connectivity index (χ1v) is 12.3. The summed E-state index contributed by atoms with van der Waals surface area (Å²) < 4.78 is 6.60. The highest BCUT2D eigenvalue weighted by Gasteiger charge is 2.21. The number of nitrogens with one attached hydrogen (secondary N) is 2. The lowest BCUT2D eigenvalue weighted by Crippen LogP contribution is -2.28. The van der Waals surface area contributed by atoms with Crippen LogP contribution in [0.15, 0.2) is 53.6 Å². The van der Waals surface area contributed by atoms with Gasteiger partial charge in [0.25, 0.3) is 11.5 Å². The minimum absolute atomic E-state index is 0.189. The molecule has 2 aromatic carbocycles. The Kier molecular flexibility index (Phi) is 7.21. The fraction of sp³-hybridized carbons (Fsp3) is 0.259. The zero-order valence-corrected chi connectivity index (χ0v) is 21.7. The normalized spacial score (nSPS) is 11.1. The van der Waals surface area contributed by atoms with Crippen LogP contribution >= 0.6 is 11.3 Å². The lowest BCUT2D eigenvalue weighted by molar-refractivity contribution is -0.116. The van der Waals surface area contributed by atoms with Gasteiger partial charge in [-0.1, -0.05) is 32.0 Å². The van der Waals surface area contributed by atoms with Crippen LogP contribution in [-0.4, -0.2) is 28.5 Å². The number of hydrogen-bond donors (Lipinski definition) is 2. The number of benzene rings is 2. The molecular formula is C27H28N4O4S. The third-order valence-electron chi connectivity index (χ3n) is 5.90. The van der Waals surface area contributed by atoms with Gasteiger partial charge in [0.05, 0.1) is 29.4 Å². The standard InChI is InChI=1S/C27H28N4O4S/c1-15(2)18-7-9-19(10-8-18)29-22(32)13-31-14-28-26-23(27(31)34)17(4)24(36-26)25(33)30-20-12-16(3)6-11-21(20)35-5/h6-12,14-15H,13H2,1-5H3,(H,29,32)(H,30,33). The van der Waals surface area contributed by atoms with E-state index in [0.29, 0.717) is 43.7 Å². The van der Waals surface area contributed by atoms with Gasteiger partial charge < -0.3 is 15.4 Å². The Morgan fingerprint density at radius 2 is 1.81 bits per heavy atom. The van der Waals surface area contributed by atoms with E-state index in [1.807, 2.05) is 43.3 Å². The molecule has 2 N–H and O–H groups in total. The Hall–Kier alpha value is -3.98. The van der Waals surface area contributed by atoms with Gasteiger partial charge in [-0.15, -0.1) is 11.3 Å². The van der Waals surface area contributed by atoms with E-state index in [1.165, 1.54) is 23.6 Å². The van der Waals surface area contributed by atoms with Crippen molar-refractivity contribution in [3.05, 3.63) is 80.7 Å². The maximum absolute atomic E-state index is 13.2. The Bertz CT molecular complexity index is 1500. The van der Waals surface area contributed by atoms with Gasteiger partial charge in [0.15, 0.2) is 0 Å². The first-order chi connectivity index (χ1) is 17.2. The summed E-state index contributed by atoms with van der Waals surface area (Å²) in [5, 5.41) is 6.01. The Morgan fingerprint density at radius 1 is 1.08 bits per heavy atom. The average Bonchev–Trinajstić information content (AvgIpc) is 3.18. The molecule has 9 heteroatoms. The summed E-state index contributed by atoms with van der Waals surface area (Å²) in [7, 11) is 1.54. The van der Waals surface area contributed by atoms with Crippen LogP contribution in [-0.2, 0) is 11.3 Å². The van der Waals surface area contributed by atoms with Crippen molar-refractivity contribution in [1.82, 2.24) is 9.55 Å². The summed E-state index contributed by atoms with van der Waals surface area (Å²) in [6.45, 7) is 7.65. The summed E-state index contributed by atoms with van der Waals surface area (Å²) >= 11 is 1.14. The van der Waals surface area contributed by atoms with Crippen molar-refractivity contribution in [2.24, 2.45) is 0 Å². The number of carbonyl (C=O) groups excluding carboxylic acids is 2. The van der Waals surface area contributed by atoms with E-state index in [1.54, 1.807) is 13.0 Å². The van der Waals surface area contributed by atoms with E-state index in [9.17, 15) is 14.4 Å². The zero-order chi connectivity index (χ0) is 26.0. The predicted molar refractivity (Wildman–Crippen MR) is 143 cm³/mol. The lowest BCUT2D eigenvalue weighted by Gasteiger charge is -2.10. The number of anilines is 2. The van der Waals surface area contributed by atoms with Crippen molar-refractivity contribution >= 4 is 44.7 Å². The summed E-state index contributed by atoms with van der Waals surface area (Å²) in [4.78, 5) is 44.0. The van der Waals surface area contributed by atoms with Gasteiger partial charge in [0.1, 0.15) is 17.1 Å². The van der Waals surface area contributed by atoms with Crippen LogP contribution in [0.3, 0.4) is 0 Å². The van der Waals surface area contributed by atoms with Crippen LogP contribution in [0.25, 0.3) is 10.2 Å². The molecule has 0 aliphatic heterocycles. The quantitative estimate of drug-likeness (QED) is 0.365. The number of rotatable bonds is 7. The maximum atomic E-state index is 13.2. The van der Waals surface area contributed by atoms with E-state index in [2.05, 4.69) is 29.5 Å². The molecule has 0 aliphatic rings. The fourth-order valence-corrected chi connectivity index (χ4v) is 4.93. The highest BCUT2D eigenvalue weighted by Crippen LogP contribution is 2.30. The molecule has 4 rings (SSSR count). The summed E-state index contributed by atoms with van der Waals surface area (Å²) in [5.74, 6) is 0.240. The highest BCUT2D eigenvalue weighted by molar-refractivity contribution is 7.20. The number of methoxy groups -OCH3 is 1. The van der Waals surface area contributed by atoms with Gasteiger partial charge in [-0.3, -0.25) is 19.0 Å². The van der Waals surface area contributed by atoms with Gasteiger partial charge >= 0.3 is 0 Å². The van der Waals surface area contributed by atoms with E-state index in [4.69, 9.17) is 4.74 Å². The number of hydrogen-bond acceptors (Lipinski definition) is 6. The molecule has 0 radical (unpaired) electrons. The van der Waals surface area contributed by atoms with Crippen LogP contribution in [0.2, 0.25) is 0 Å². The van der Waals surface area contributed by atoms with Crippen LogP contribution < -0.4 is 20.9 Å². The van der Waals surface area contributed by atoms with E-state index >= 15 is 0 Å². The molecule has 0 aliphatic carbocycles. The molecule has 8 nitrogen and oxygen atoms in total. The van der Waals surface area contributed by atoms with Crippen LogP contribution in [0, 0.1) is 13.8 Å². The Labute approximate surface area is 212 Å². The number of fused-ring (bicyclic) bond motifs is 1. The lowest BCUT2D eigenvalue weighted by atomic mass is 10.0. The number of ether oxygens (including phenoxy) is 1. The molecule has 0 unspecified atom stereocenters. The first-order valence-electron chi connectivity index (χ1n) is 11.5. The molecule has 2 amide bonds. The monoisotopic (exact) mass is 504 g/mol. The number of aromatic nitrogens is 2. The molecule has 0 fully saturated rings. The predicted octanol–water partition coefficient (Wildman–Crippen LogP) is 5.10. The molecule has 4 aromatic rings. The largest absolute Gasteiger partial charge is 0.495 e. The third kappa shape index (κ3) is 5.16. The fourth-order valence-electron chi connectivity index (χ4n) is 3.89. The maximum Gasteiger partial charge on any atom is 0.266 e. The molecule has 0 atom stereocenters. The highest BCUT2D eigenvalue weighted by atomic mass is 32.1. The minimum Gasteiger partial charge on any atom is -0.495 e. The van der Waals surface area contributed by atoms with Gasteiger partial charge in [0.2, 0.25) is 5.91 Å². The number of amides is 2. The second-order valence-electron chi connectivity index (χ2n) is 8.90. The topological polar surface area (TPSA) is 102 Å². The number of nitrogens with zero attached hydrogens (tertiary/aromatic N) is 2. The summed E-state index contributed by atoms with van der Waals surface area (Å²) in [6, 6.07) is 13.1. The van der Waals surface area contributed by atoms with Crippen LogP contribution in [0.4, 0.5) is 11.4 Å². The van der Waals surface area contributed by atoms with E-state index in [0.717, 1.165) is 16.9 Å². The molecule has 0 saturated heterocycles. The molecule has 0 saturated carbocycles. The Morgan fingerprint density at radius 3 is 2.47 bits per heavy atom. The number of carbonyl (C=O) groups is 2. The molecule has 186 valence electrons. The van der Waals surface area contributed by atoms with Gasteiger partial charge in [-0.05, 0) is 60.7 Å². The SMILES string of the molecule is COc1ccc(C)cc1NC(=O)c1sc2ncn(CC(=O)Nc3ccc(C(C)C)cc3)c(=O)c2c1C. The molecule has 2 aromatic heterocycles. The van der Waals surface area contributed by atoms with Gasteiger partial charge in [0, 0.05) is 5.69 Å². The molecular weight excluding hydrogens is 476 g/mol. The summed E-state index contributed by atoms with van der Waals surface area (Å²) in [5.41, 5.74) is 3.50. The molecule has 0 bridgehead atoms. The summed E-state index contributed by atoms with van der Waals surface area (Å²) in [6.07, 6.45) is 1.34. The second kappa shape index (κ2) is 10.3. The van der Waals surface area contributed by atoms with Crippen LogP contribution in [0.1, 0.15) is 46.1 Å². The second-order valence-corrected chi connectivity index (χ2v) is 9.90. The molecule has 0 spiro atoms. The Balaban J connectivity index is 1.55. The third-order valence-corrected chi connectivity index (χ3v) is 7.10. The van der Waals surface area contributed by atoms with E-state index in [-0.39, 0.29) is 23.9 Å². The van der Waals surface area contributed by atoms with Crippen LogP contribution in [0.5, 0.6) is 5.75 Å². The number of aryl methyl sites for hydroxylation is 2. The molecule has 2 heterocycles. The number of thiophene rings is 1. The molecule has 36 heavy (non-hydrogen) atoms. The first kappa shape index (κ1) is 25.1. The van der Waals surface area contributed by atoms with Gasteiger partial charge in [-0.2, -0.15) is 0 Å². The smallest absolute Gasteiger partial charge is 0.266 e. The van der Waals surface area contributed by atoms with Crippen molar-refractivity contribution in [3.63, 3.8) is 0 Å². The van der Waals surface area contributed by atoms with Gasteiger partial charge in [-0.25, -0.2) is 4.98 Å². The van der Waals surface area contributed by atoms with Crippen molar-refractivity contribution in [2.75, 3.05) is 17.7 Å². The van der Waals surface area contributed by atoms with Crippen molar-refractivity contribution in [2.45, 2.75) is 40.2 Å². The zero-order valence-electron chi connectivity index (χ0n) is 20.8. The minimum atomic E-state index is -0.369. The average molecular weight is 505 g/mol. The van der Waals surface area contributed by atoms with Crippen molar-refractivity contribution in [1.29, 1.82) is 0 Å². The van der Waals surface area contributed by atoms with Crippen molar-refractivity contribution < 1.29 is 14.3 Å². The van der Waals surface area contributed by atoms with E-state index < -0.39 is 0 Å². The van der Waals surface area contributed by atoms with Crippen molar-refractivity contribution in [3.8, 4) is 5.75 Å².